The second kappa shape index (κ2) is 7.06. The first kappa shape index (κ1) is 13.8. The summed E-state index contributed by atoms with van der Waals surface area (Å²) in [5.41, 5.74) is 5.53. The van der Waals surface area contributed by atoms with E-state index in [4.69, 9.17) is 10.5 Å². The number of nitrogens with two attached hydrogens (primary N) is 1. The number of aromatic nitrogens is 2. The highest BCUT2D eigenvalue weighted by Crippen LogP contribution is 2.11. The molecular formula is C13H18N4OS. The smallest absolute Gasteiger partial charge is 0.203 e. The maximum atomic E-state index is 5.67. The molecule has 3 N–H and O–H groups in total. The van der Waals surface area contributed by atoms with E-state index in [1.165, 1.54) is 11.3 Å². The molecule has 0 aliphatic rings. The van der Waals surface area contributed by atoms with Crippen LogP contribution in [0.5, 0.6) is 5.75 Å². The molecule has 2 rings (SSSR count). The number of anilines is 1. The van der Waals surface area contributed by atoms with Crippen molar-refractivity contribution in [1.29, 1.82) is 0 Å². The Kier molecular flexibility index (Phi) is 5.11. The van der Waals surface area contributed by atoms with E-state index in [0.717, 1.165) is 23.7 Å². The Bertz CT molecular complexity index is 488. The molecule has 0 amide bonds. The minimum absolute atomic E-state index is 0.283. The van der Waals surface area contributed by atoms with E-state index < -0.39 is 0 Å². The van der Waals surface area contributed by atoms with E-state index in [0.29, 0.717) is 11.7 Å². The summed E-state index contributed by atoms with van der Waals surface area (Å²) in [6.45, 7) is 3.58. The third-order valence-electron chi connectivity index (χ3n) is 2.56. The molecule has 0 aliphatic heterocycles. The van der Waals surface area contributed by atoms with Crippen LogP contribution in [0.25, 0.3) is 0 Å². The molecule has 1 aromatic heterocycles. The van der Waals surface area contributed by atoms with Crippen LogP contribution in [0.15, 0.2) is 30.3 Å². The summed E-state index contributed by atoms with van der Waals surface area (Å²) in [5, 5.41) is 12.6. The Morgan fingerprint density at radius 3 is 2.79 bits per heavy atom. The van der Waals surface area contributed by atoms with Gasteiger partial charge in [-0.25, -0.2) is 0 Å². The molecule has 0 unspecified atom stereocenters. The minimum atomic E-state index is 0.283. The van der Waals surface area contributed by atoms with Crippen molar-refractivity contribution in [2.45, 2.75) is 19.4 Å². The number of nitrogens with zero attached hydrogens (tertiary/aromatic N) is 2. The van der Waals surface area contributed by atoms with E-state index in [1.54, 1.807) is 0 Å². The first-order chi connectivity index (χ1) is 9.24. The molecular weight excluding hydrogens is 260 g/mol. The Hall–Kier alpha value is -1.66. The predicted octanol–water partition coefficient (Wildman–Crippen LogP) is 1.72. The predicted molar refractivity (Wildman–Crippen MR) is 77.4 cm³/mol. The summed E-state index contributed by atoms with van der Waals surface area (Å²) in [7, 11) is 0. The largest absolute Gasteiger partial charge is 0.492 e. The zero-order valence-electron chi connectivity index (χ0n) is 10.9. The lowest BCUT2D eigenvalue weighted by Crippen LogP contribution is -2.33. The van der Waals surface area contributed by atoms with Gasteiger partial charge in [0.05, 0.1) is 0 Å². The average Bonchev–Trinajstić information content (AvgIpc) is 2.83. The highest BCUT2D eigenvalue weighted by atomic mass is 32.1. The van der Waals surface area contributed by atoms with Crippen molar-refractivity contribution in [3.05, 3.63) is 35.3 Å². The number of para-hydroxylation sites is 1. The van der Waals surface area contributed by atoms with Crippen LogP contribution >= 0.6 is 11.3 Å². The first-order valence-electron chi connectivity index (χ1n) is 6.23. The van der Waals surface area contributed by atoms with Gasteiger partial charge in [0.25, 0.3) is 0 Å². The van der Waals surface area contributed by atoms with Crippen LogP contribution in [0.1, 0.15) is 11.9 Å². The lowest BCUT2D eigenvalue weighted by molar-refractivity contribution is 0.274. The van der Waals surface area contributed by atoms with Crippen molar-refractivity contribution in [2.75, 3.05) is 18.9 Å². The summed E-state index contributed by atoms with van der Waals surface area (Å²) < 4.78 is 5.67. The normalized spacial score (nSPS) is 12.3. The van der Waals surface area contributed by atoms with E-state index >= 15 is 0 Å². The van der Waals surface area contributed by atoms with Crippen molar-refractivity contribution >= 4 is 16.5 Å². The number of nitrogen functional groups attached to an aromatic ring is 1. The second-order valence-corrected chi connectivity index (χ2v) is 5.36. The highest BCUT2D eigenvalue weighted by molar-refractivity contribution is 7.15. The molecule has 0 saturated heterocycles. The van der Waals surface area contributed by atoms with Gasteiger partial charge in [-0.2, -0.15) is 0 Å². The van der Waals surface area contributed by atoms with Gasteiger partial charge in [-0.3, -0.25) is 0 Å². The van der Waals surface area contributed by atoms with Gasteiger partial charge in [0.2, 0.25) is 5.13 Å². The lowest BCUT2D eigenvalue weighted by atomic mass is 10.3. The SMILES string of the molecule is C[C@H](COc1ccccc1)NCCc1nnc(N)s1. The van der Waals surface area contributed by atoms with Gasteiger partial charge in [-0.1, -0.05) is 29.5 Å². The number of hydrogen-bond acceptors (Lipinski definition) is 6. The van der Waals surface area contributed by atoms with Crippen molar-refractivity contribution < 1.29 is 4.74 Å². The van der Waals surface area contributed by atoms with Gasteiger partial charge in [0.15, 0.2) is 0 Å². The summed E-state index contributed by atoms with van der Waals surface area (Å²) in [6, 6.07) is 10.1. The van der Waals surface area contributed by atoms with E-state index in [9.17, 15) is 0 Å². The Morgan fingerprint density at radius 1 is 1.32 bits per heavy atom. The fourth-order valence-electron chi connectivity index (χ4n) is 1.59. The van der Waals surface area contributed by atoms with Crippen LogP contribution in [0, 0.1) is 0 Å². The molecule has 19 heavy (non-hydrogen) atoms. The zero-order valence-corrected chi connectivity index (χ0v) is 11.7. The summed E-state index contributed by atoms with van der Waals surface area (Å²) in [4.78, 5) is 0. The molecule has 0 spiro atoms. The van der Waals surface area contributed by atoms with E-state index in [-0.39, 0.29) is 6.04 Å². The fraction of sp³-hybridized carbons (Fsp3) is 0.385. The van der Waals surface area contributed by atoms with Crippen LogP contribution < -0.4 is 15.8 Å². The lowest BCUT2D eigenvalue weighted by Gasteiger charge is -2.14. The molecule has 0 radical (unpaired) electrons. The molecule has 5 nitrogen and oxygen atoms in total. The highest BCUT2D eigenvalue weighted by Gasteiger charge is 2.04. The van der Waals surface area contributed by atoms with E-state index in [2.05, 4.69) is 22.4 Å². The van der Waals surface area contributed by atoms with Gasteiger partial charge in [-0.05, 0) is 19.1 Å². The number of ether oxygens (including phenoxy) is 1. The molecule has 1 heterocycles. The topological polar surface area (TPSA) is 73.1 Å². The van der Waals surface area contributed by atoms with Crippen molar-refractivity contribution in [1.82, 2.24) is 15.5 Å². The molecule has 1 atom stereocenters. The third kappa shape index (κ3) is 4.84. The molecule has 1 aromatic carbocycles. The molecule has 2 aromatic rings. The van der Waals surface area contributed by atoms with Crippen molar-refractivity contribution in [2.24, 2.45) is 0 Å². The summed E-state index contributed by atoms with van der Waals surface area (Å²) in [5.74, 6) is 0.896. The van der Waals surface area contributed by atoms with Crippen molar-refractivity contribution in [3.63, 3.8) is 0 Å². The minimum Gasteiger partial charge on any atom is -0.492 e. The zero-order chi connectivity index (χ0) is 13.5. The van der Waals surface area contributed by atoms with Gasteiger partial charge < -0.3 is 15.8 Å². The van der Waals surface area contributed by atoms with Gasteiger partial charge >= 0.3 is 0 Å². The van der Waals surface area contributed by atoms with Crippen LogP contribution in [-0.2, 0) is 6.42 Å². The van der Waals surface area contributed by atoms with Crippen LogP contribution in [0.2, 0.25) is 0 Å². The average molecular weight is 278 g/mol. The number of nitrogens with one attached hydrogen (secondary N) is 1. The number of rotatable bonds is 7. The molecule has 0 saturated carbocycles. The van der Waals surface area contributed by atoms with Crippen LogP contribution in [-0.4, -0.2) is 29.4 Å². The van der Waals surface area contributed by atoms with Crippen LogP contribution in [0.4, 0.5) is 5.13 Å². The monoisotopic (exact) mass is 278 g/mol. The molecule has 0 bridgehead atoms. The summed E-state index contributed by atoms with van der Waals surface area (Å²) in [6.07, 6.45) is 0.838. The van der Waals surface area contributed by atoms with Gasteiger partial charge in [0.1, 0.15) is 17.4 Å². The maximum Gasteiger partial charge on any atom is 0.203 e. The van der Waals surface area contributed by atoms with Gasteiger partial charge in [-0.15, -0.1) is 10.2 Å². The summed E-state index contributed by atoms with van der Waals surface area (Å²) >= 11 is 1.43. The Labute approximate surface area is 116 Å². The first-order valence-corrected chi connectivity index (χ1v) is 7.05. The second-order valence-electron chi connectivity index (χ2n) is 4.26. The Morgan fingerprint density at radius 2 is 2.11 bits per heavy atom. The number of benzene rings is 1. The quantitative estimate of drug-likeness (QED) is 0.807. The molecule has 0 aliphatic carbocycles. The van der Waals surface area contributed by atoms with E-state index in [1.807, 2.05) is 30.3 Å². The molecule has 0 fully saturated rings. The third-order valence-corrected chi connectivity index (χ3v) is 3.37. The van der Waals surface area contributed by atoms with Crippen LogP contribution in [0.3, 0.4) is 0 Å². The van der Waals surface area contributed by atoms with Gasteiger partial charge in [0, 0.05) is 19.0 Å². The molecule has 6 heteroatoms. The fourth-order valence-corrected chi connectivity index (χ4v) is 2.20. The molecule has 102 valence electrons. The maximum absolute atomic E-state index is 5.67. The number of hydrogen-bond donors (Lipinski definition) is 2. The Balaban J connectivity index is 1.63. The van der Waals surface area contributed by atoms with Crippen molar-refractivity contribution in [3.8, 4) is 5.75 Å². The standard InChI is InChI=1S/C13H18N4OS/c1-10(9-18-11-5-3-2-4-6-11)15-8-7-12-16-17-13(14)19-12/h2-6,10,15H,7-9H2,1H3,(H2,14,17)/t10-/m1/s1.